The van der Waals surface area contributed by atoms with Crippen LogP contribution < -0.4 is 4.74 Å². The molecule has 6 nitrogen and oxygen atoms in total. The fraction of sp³-hybridized carbons (Fsp3) is 0.100. The Balaban J connectivity index is 1.77. The Bertz CT molecular complexity index is 1290. The SMILES string of the molecule is CS(=O)(=O)c1cncc(-c2ccnc3cc(-c4ccc(OC(F)F)cc4)oc23)c1. The first kappa shape index (κ1) is 19.0. The average molecular weight is 416 g/mol. The van der Waals surface area contributed by atoms with E-state index in [0.717, 1.165) is 6.26 Å². The molecule has 9 heteroatoms. The van der Waals surface area contributed by atoms with Crippen molar-refractivity contribution >= 4 is 20.9 Å². The van der Waals surface area contributed by atoms with Crippen molar-refractivity contribution in [2.45, 2.75) is 11.5 Å². The van der Waals surface area contributed by atoms with Crippen LogP contribution in [0.25, 0.3) is 33.6 Å². The highest BCUT2D eigenvalue weighted by atomic mass is 32.2. The van der Waals surface area contributed by atoms with E-state index in [4.69, 9.17) is 4.42 Å². The summed E-state index contributed by atoms with van der Waals surface area (Å²) < 4.78 is 58.6. The van der Waals surface area contributed by atoms with E-state index in [2.05, 4.69) is 14.7 Å². The number of furan rings is 1. The summed E-state index contributed by atoms with van der Waals surface area (Å²) >= 11 is 0. The molecule has 1 aromatic carbocycles. The van der Waals surface area contributed by atoms with Crippen LogP contribution in [0.4, 0.5) is 8.78 Å². The fourth-order valence-electron chi connectivity index (χ4n) is 2.88. The standard InChI is InChI=1S/C20H14F2N2O4S/c1-29(25,26)15-8-13(10-23-11-15)16-6-7-24-17-9-18(28-19(16)17)12-2-4-14(5-3-12)27-20(21)22/h2-11,20H,1H3. The molecule has 0 N–H and O–H groups in total. The summed E-state index contributed by atoms with van der Waals surface area (Å²) in [6.45, 7) is -2.89. The largest absolute Gasteiger partial charge is 0.454 e. The summed E-state index contributed by atoms with van der Waals surface area (Å²) in [5, 5.41) is 0. The van der Waals surface area contributed by atoms with Crippen molar-refractivity contribution in [2.24, 2.45) is 0 Å². The van der Waals surface area contributed by atoms with Gasteiger partial charge in [0.1, 0.15) is 17.0 Å². The van der Waals surface area contributed by atoms with Crippen molar-refractivity contribution in [3.8, 4) is 28.2 Å². The minimum Gasteiger partial charge on any atom is -0.454 e. The Hall–Kier alpha value is -3.33. The minimum absolute atomic E-state index is 0.0438. The van der Waals surface area contributed by atoms with Gasteiger partial charge in [-0.25, -0.2) is 8.42 Å². The number of halogens is 2. The lowest BCUT2D eigenvalue weighted by molar-refractivity contribution is -0.0498. The van der Waals surface area contributed by atoms with Crippen molar-refractivity contribution in [3.63, 3.8) is 0 Å². The van der Waals surface area contributed by atoms with Gasteiger partial charge in [-0.15, -0.1) is 0 Å². The second-order valence-electron chi connectivity index (χ2n) is 6.27. The molecule has 0 saturated carbocycles. The van der Waals surface area contributed by atoms with E-state index in [0.29, 0.717) is 33.6 Å². The number of hydrogen-bond donors (Lipinski definition) is 0. The van der Waals surface area contributed by atoms with E-state index in [9.17, 15) is 17.2 Å². The number of aromatic nitrogens is 2. The third kappa shape index (κ3) is 3.95. The predicted molar refractivity (Wildman–Crippen MR) is 102 cm³/mol. The molecule has 3 aromatic heterocycles. The molecule has 29 heavy (non-hydrogen) atoms. The van der Waals surface area contributed by atoms with Crippen LogP contribution in [0.5, 0.6) is 5.75 Å². The van der Waals surface area contributed by atoms with Crippen LogP contribution in [0.2, 0.25) is 0 Å². The minimum atomic E-state index is -3.41. The third-order valence-corrected chi connectivity index (χ3v) is 5.31. The Kier molecular flexibility index (Phi) is 4.75. The van der Waals surface area contributed by atoms with E-state index in [1.54, 1.807) is 36.7 Å². The highest BCUT2D eigenvalue weighted by Gasteiger charge is 2.15. The van der Waals surface area contributed by atoms with Crippen LogP contribution in [0, 0.1) is 0 Å². The molecule has 148 valence electrons. The summed E-state index contributed by atoms with van der Waals surface area (Å²) in [6, 6.07) is 11.0. The van der Waals surface area contributed by atoms with Crippen LogP contribution in [0.3, 0.4) is 0 Å². The summed E-state index contributed by atoms with van der Waals surface area (Å²) in [7, 11) is -3.41. The predicted octanol–water partition coefficient (Wildman–Crippen LogP) is 4.56. The number of benzene rings is 1. The number of hydrogen-bond acceptors (Lipinski definition) is 6. The Labute approximate surface area is 164 Å². The van der Waals surface area contributed by atoms with Crippen molar-refractivity contribution < 1.29 is 26.4 Å². The zero-order valence-corrected chi connectivity index (χ0v) is 15.9. The van der Waals surface area contributed by atoms with Gasteiger partial charge in [0.2, 0.25) is 0 Å². The molecule has 0 aliphatic heterocycles. The smallest absolute Gasteiger partial charge is 0.387 e. The fourth-order valence-corrected chi connectivity index (χ4v) is 3.47. The number of fused-ring (bicyclic) bond motifs is 1. The van der Waals surface area contributed by atoms with Gasteiger partial charge in [-0.1, -0.05) is 0 Å². The van der Waals surface area contributed by atoms with Gasteiger partial charge in [0, 0.05) is 47.6 Å². The van der Waals surface area contributed by atoms with Crippen molar-refractivity contribution in [1.29, 1.82) is 0 Å². The van der Waals surface area contributed by atoms with Crippen molar-refractivity contribution in [2.75, 3.05) is 6.26 Å². The molecular formula is C20H14F2N2O4S. The third-order valence-electron chi connectivity index (χ3n) is 4.23. The molecule has 0 amide bonds. The maximum absolute atomic E-state index is 12.3. The van der Waals surface area contributed by atoms with Gasteiger partial charge in [0.05, 0.1) is 4.90 Å². The molecule has 3 heterocycles. The zero-order valence-electron chi connectivity index (χ0n) is 15.0. The summed E-state index contributed by atoms with van der Waals surface area (Å²) in [6.07, 6.45) is 5.53. The van der Waals surface area contributed by atoms with Gasteiger partial charge in [-0.2, -0.15) is 8.78 Å². The lowest BCUT2D eigenvalue weighted by Gasteiger charge is -2.05. The van der Waals surface area contributed by atoms with Gasteiger partial charge < -0.3 is 9.15 Å². The van der Waals surface area contributed by atoms with Gasteiger partial charge in [-0.05, 0) is 36.4 Å². The number of rotatable bonds is 5. The maximum atomic E-state index is 12.3. The maximum Gasteiger partial charge on any atom is 0.387 e. The highest BCUT2D eigenvalue weighted by molar-refractivity contribution is 7.90. The van der Waals surface area contributed by atoms with E-state index in [1.165, 1.54) is 24.4 Å². The van der Waals surface area contributed by atoms with Crippen LogP contribution in [0.15, 0.2) is 70.4 Å². The zero-order chi connectivity index (χ0) is 20.6. The molecule has 0 saturated heterocycles. The van der Waals surface area contributed by atoms with E-state index in [-0.39, 0.29) is 10.6 Å². The molecule has 0 unspecified atom stereocenters. The second kappa shape index (κ2) is 7.25. The molecule has 0 radical (unpaired) electrons. The van der Waals surface area contributed by atoms with Crippen LogP contribution in [-0.2, 0) is 9.84 Å². The van der Waals surface area contributed by atoms with E-state index >= 15 is 0 Å². The first-order valence-corrected chi connectivity index (χ1v) is 10.3. The molecule has 4 aromatic rings. The Morgan fingerprint density at radius 3 is 2.48 bits per heavy atom. The first-order valence-electron chi connectivity index (χ1n) is 8.40. The molecule has 0 aliphatic carbocycles. The first-order chi connectivity index (χ1) is 13.8. The van der Waals surface area contributed by atoms with Crippen LogP contribution >= 0.6 is 0 Å². The second-order valence-corrected chi connectivity index (χ2v) is 8.28. The van der Waals surface area contributed by atoms with Crippen LogP contribution in [-0.4, -0.2) is 31.3 Å². The molecular weight excluding hydrogens is 402 g/mol. The molecule has 0 spiro atoms. The summed E-state index contributed by atoms with van der Waals surface area (Å²) in [4.78, 5) is 8.40. The number of sulfone groups is 1. The normalized spacial score (nSPS) is 11.9. The van der Waals surface area contributed by atoms with Crippen molar-refractivity contribution in [3.05, 3.63) is 61.1 Å². The quantitative estimate of drug-likeness (QED) is 0.474. The summed E-state index contributed by atoms with van der Waals surface area (Å²) in [5.74, 6) is 0.526. The highest BCUT2D eigenvalue weighted by Crippen LogP contribution is 2.34. The molecule has 0 fully saturated rings. The number of ether oxygens (including phenoxy) is 1. The average Bonchev–Trinajstić information content (AvgIpc) is 3.12. The van der Waals surface area contributed by atoms with Crippen LogP contribution in [0.1, 0.15) is 0 Å². The van der Waals surface area contributed by atoms with E-state index < -0.39 is 16.4 Å². The topological polar surface area (TPSA) is 82.3 Å². The van der Waals surface area contributed by atoms with Gasteiger partial charge in [-0.3, -0.25) is 9.97 Å². The lowest BCUT2D eigenvalue weighted by Crippen LogP contribution is -2.01. The Morgan fingerprint density at radius 1 is 1.03 bits per heavy atom. The summed E-state index contributed by atoms with van der Waals surface area (Å²) in [5.41, 5.74) is 2.88. The van der Waals surface area contributed by atoms with Crippen molar-refractivity contribution in [1.82, 2.24) is 9.97 Å². The Morgan fingerprint density at radius 2 is 1.79 bits per heavy atom. The molecule has 0 aliphatic rings. The van der Waals surface area contributed by atoms with Gasteiger partial charge in [0.25, 0.3) is 0 Å². The lowest BCUT2D eigenvalue weighted by atomic mass is 10.1. The number of pyridine rings is 2. The van der Waals surface area contributed by atoms with Gasteiger partial charge >= 0.3 is 6.61 Å². The van der Waals surface area contributed by atoms with E-state index in [1.807, 2.05) is 0 Å². The number of alkyl halides is 2. The van der Waals surface area contributed by atoms with Gasteiger partial charge in [0.15, 0.2) is 15.4 Å². The monoisotopic (exact) mass is 416 g/mol. The number of nitrogens with zero attached hydrogens (tertiary/aromatic N) is 2. The molecule has 0 atom stereocenters. The molecule has 4 rings (SSSR count). The molecule has 0 bridgehead atoms.